The minimum absolute atomic E-state index is 0.324. The van der Waals surface area contributed by atoms with Crippen LogP contribution in [-0.4, -0.2) is 35.2 Å². The number of carboxylic acid groups (broad SMARTS) is 1. The smallest absolute Gasteiger partial charge is 0.320 e. The van der Waals surface area contributed by atoms with Gasteiger partial charge in [0, 0.05) is 12.6 Å². The summed E-state index contributed by atoms with van der Waals surface area (Å²) in [4.78, 5) is 13.9. The molecular formula is C18H25NO3. The Balaban J connectivity index is 1.81. The SMILES string of the molecule is COc1ccc(CN2C(C(=O)O)CC3CCCCC32)cc1C. The van der Waals surface area contributed by atoms with Crippen LogP contribution in [0.25, 0.3) is 0 Å². The van der Waals surface area contributed by atoms with Gasteiger partial charge in [-0.15, -0.1) is 0 Å². The molecule has 1 saturated carbocycles. The van der Waals surface area contributed by atoms with Crippen LogP contribution in [-0.2, 0) is 11.3 Å². The summed E-state index contributed by atoms with van der Waals surface area (Å²) in [6.07, 6.45) is 5.62. The number of nitrogens with zero attached hydrogens (tertiary/aromatic N) is 1. The van der Waals surface area contributed by atoms with Crippen molar-refractivity contribution in [3.8, 4) is 5.75 Å². The Morgan fingerprint density at radius 3 is 2.82 bits per heavy atom. The predicted octanol–water partition coefficient (Wildman–Crippen LogP) is 3.22. The lowest BCUT2D eigenvalue weighted by Crippen LogP contribution is -2.41. The van der Waals surface area contributed by atoms with Crippen LogP contribution in [0.4, 0.5) is 0 Å². The van der Waals surface area contributed by atoms with E-state index in [-0.39, 0.29) is 6.04 Å². The fourth-order valence-corrected chi connectivity index (χ4v) is 4.27. The van der Waals surface area contributed by atoms with Gasteiger partial charge in [0.05, 0.1) is 7.11 Å². The third-order valence-electron chi connectivity index (χ3n) is 5.33. The van der Waals surface area contributed by atoms with E-state index in [0.29, 0.717) is 12.0 Å². The summed E-state index contributed by atoms with van der Waals surface area (Å²) in [6, 6.07) is 6.27. The maximum absolute atomic E-state index is 11.7. The predicted molar refractivity (Wildman–Crippen MR) is 85.1 cm³/mol. The first-order chi connectivity index (χ1) is 10.6. The highest BCUT2D eigenvalue weighted by Crippen LogP contribution is 2.40. The van der Waals surface area contributed by atoms with Crippen LogP contribution in [0.15, 0.2) is 18.2 Å². The van der Waals surface area contributed by atoms with Gasteiger partial charge in [-0.05, 0) is 49.3 Å². The molecule has 1 saturated heterocycles. The molecule has 4 nitrogen and oxygen atoms in total. The van der Waals surface area contributed by atoms with Crippen molar-refractivity contribution >= 4 is 5.97 Å². The Hall–Kier alpha value is -1.55. The molecular weight excluding hydrogens is 278 g/mol. The van der Waals surface area contributed by atoms with Gasteiger partial charge < -0.3 is 9.84 Å². The standard InChI is InChI=1S/C18H25NO3/c1-12-9-13(7-8-17(12)22-2)11-19-15-6-4-3-5-14(15)10-16(19)18(20)21/h7-9,14-16H,3-6,10-11H2,1-2H3,(H,20,21). The molecule has 2 aliphatic rings. The van der Waals surface area contributed by atoms with Crippen molar-refractivity contribution in [2.45, 2.75) is 57.7 Å². The maximum Gasteiger partial charge on any atom is 0.320 e. The average molecular weight is 303 g/mol. The number of fused-ring (bicyclic) bond motifs is 1. The van der Waals surface area contributed by atoms with E-state index in [1.54, 1.807) is 7.11 Å². The van der Waals surface area contributed by atoms with Crippen LogP contribution in [0, 0.1) is 12.8 Å². The number of rotatable bonds is 4. The third-order valence-corrected chi connectivity index (χ3v) is 5.33. The van der Waals surface area contributed by atoms with Gasteiger partial charge in [0.2, 0.25) is 0 Å². The van der Waals surface area contributed by atoms with Gasteiger partial charge in [-0.2, -0.15) is 0 Å². The summed E-state index contributed by atoms with van der Waals surface area (Å²) in [5.41, 5.74) is 2.28. The summed E-state index contributed by atoms with van der Waals surface area (Å²) >= 11 is 0. The zero-order valence-corrected chi connectivity index (χ0v) is 13.4. The van der Waals surface area contributed by atoms with Crippen molar-refractivity contribution in [1.29, 1.82) is 0 Å². The second-order valence-electron chi connectivity index (χ2n) is 6.68. The molecule has 2 fully saturated rings. The lowest BCUT2D eigenvalue weighted by atomic mass is 9.84. The lowest BCUT2D eigenvalue weighted by Gasteiger charge is -2.33. The molecule has 1 aliphatic carbocycles. The summed E-state index contributed by atoms with van der Waals surface area (Å²) in [7, 11) is 1.68. The largest absolute Gasteiger partial charge is 0.496 e. The highest BCUT2D eigenvalue weighted by molar-refractivity contribution is 5.74. The van der Waals surface area contributed by atoms with Crippen LogP contribution >= 0.6 is 0 Å². The molecule has 0 radical (unpaired) electrons. The summed E-state index contributed by atoms with van der Waals surface area (Å²) in [6.45, 7) is 2.76. The van der Waals surface area contributed by atoms with Crippen LogP contribution in [0.3, 0.4) is 0 Å². The summed E-state index contributed by atoms with van der Waals surface area (Å²) in [5.74, 6) is 0.782. The normalized spacial score (nSPS) is 28.4. The zero-order valence-electron chi connectivity index (χ0n) is 13.4. The van der Waals surface area contributed by atoms with Gasteiger partial charge in [0.15, 0.2) is 0 Å². The molecule has 1 N–H and O–H groups in total. The van der Waals surface area contributed by atoms with Gasteiger partial charge in [0.25, 0.3) is 0 Å². The summed E-state index contributed by atoms with van der Waals surface area (Å²) in [5, 5.41) is 9.58. The Labute approximate surface area is 132 Å². The Morgan fingerprint density at radius 1 is 1.36 bits per heavy atom. The van der Waals surface area contributed by atoms with Gasteiger partial charge in [-0.1, -0.05) is 25.0 Å². The van der Waals surface area contributed by atoms with Crippen molar-refractivity contribution in [2.75, 3.05) is 7.11 Å². The molecule has 1 aromatic carbocycles. The lowest BCUT2D eigenvalue weighted by molar-refractivity contribution is -0.142. The van der Waals surface area contributed by atoms with Gasteiger partial charge >= 0.3 is 5.97 Å². The number of carboxylic acids is 1. The molecule has 3 atom stereocenters. The fourth-order valence-electron chi connectivity index (χ4n) is 4.27. The molecule has 4 heteroatoms. The molecule has 3 unspecified atom stereocenters. The molecule has 0 bridgehead atoms. The first-order valence-electron chi connectivity index (χ1n) is 8.22. The molecule has 3 rings (SSSR count). The highest BCUT2D eigenvalue weighted by Gasteiger charge is 2.44. The maximum atomic E-state index is 11.7. The Bertz CT molecular complexity index is 557. The molecule has 0 amide bonds. The van der Waals surface area contributed by atoms with Crippen molar-refractivity contribution in [1.82, 2.24) is 4.90 Å². The monoisotopic (exact) mass is 303 g/mol. The molecule has 120 valence electrons. The van der Waals surface area contributed by atoms with Crippen molar-refractivity contribution in [3.63, 3.8) is 0 Å². The van der Waals surface area contributed by atoms with E-state index in [2.05, 4.69) is 17.0 Å². The molecule has 1 heterocycles. The number of likely N-dealkylation sites (tertiary alicyclic amines) is 1. The van der Waals surface area contributed by atoms with Gasteiger partial charge in [-0.3, -0.25) is 9.69 Å². The van der Waals surface area contributed by atoms with E-state index in [0.717, 1.165) is 30.7 Å². The van der Waals surface area contributed by atoms with Crippen molar-refractivity contribution in [2.24, 2.45) is 5.92 Å². The van der Waals surface area contributed by atoms with Crippen LogP contribution in [0.5, 0.6) is 5.75 Å². The number of hydrogen-bond acceptors (Lipinski definition) is 3. The first-order valence-corrected chi connectivity index (χ1v) is 8.22. The minimum atomic E-state index is -0.667. The van der Waals surface area contributed by atoms with Crippen molar-refractivity contribution in [3.05, 3.63) is 29.3 Å². The summed E-state index contributed by atoms with van der Waals surface area (Å²) < 4.78 is 5.31. The van der Waals surface area contributed by atoms with Crippen LogP contribution in [0.1, 0.15) is 43.2 Å². The van der Waals surface area contributed by atoms with Crippen LogP contribution in [0.2, 0.25) is 0 Å². The second kappa shape index (κ2) is 6.29. The number of aliphatic carboxylic acids is 1. The molecule has 1 aromatic rings. The number of hydrogen-bond donors (Lipinski definition) is 1. The average Bonchev–Trinajstić information content (AvgIpc) is 2.87. The number of benzene rings is 1. The number of methoxy groups -OCH3 is 1. The number of ether oxygens (including phenoxy) is 1. The van der Waals surface area contributed by atoms with Gasteiger partial charge in [-0.25, -0.2) is 0 Å². The molecule has 22 heavy (non-hydrogen) atoms. The molecule has 1 aliphatic heterocycles. The first kappa shape index (κ1) is 15.3. The van der Waals surface area contributed by atoms with E-state index in [9.17, 15) is 9.90 Å². The van der Waals surface area contributed by atoms with E-state index in [4.69, 9.17) is 4.74 Å². The van der Waals surface area contributed by atoms with Crippen LogP contribution < -0.4 is 4.74 Å². The third kappa shape index (κ3) is 2.84. The Kier molecular flexibility index (Phi) is 4.39. The molecule has 0 aromatic heterocycles. The van der Waals surface area contributed by atoms with E-state index >= 15 is 0 Å². The van der Waals surface area contributed by atoms with Crippen molar-refractivity contribution < 1.29 is 14.6 Å². The highest BCUT2D eigenvalue weighted by atomic mass is 16.5. The topological polar surface area (TPSA) is 49.8 Å². The number of carbonyl (C=O) groups is 1. The zero-order chi connectivity index (χ0) is 15.7. The second-order valence-corrected chi connectivity index (χ2v) is 6.68. The van der Waals surface area contributed by atoms with E-state index < -0.39 is 5.97 Å². The molecule has 0 spiro atoms. The van der Waals surface area contributed by atoms with Gasteiger partial charge in [0.1, 0.15) is 11.8 Å². The Morgan fingerprint density at radius 2 is 2.14 bits per heavy atom. The fraction of sp³-hybridized carbons (Fsp3) is 0.611. The van der Waals surface area contributed by atoms with E-state index in [1.165, 1.54) is 24.8 Å². The number of aryl methyl sites for hydroxylation is 1. The quantitative estimate of drug-likeness (QED) is 0.928. The van der Waals surface area contributed by atoms with E-state index in [1.807, 2.05) is 13.0 Å². The minimum Gasteiger partial charge on any atom is -0.496 e.